The number of nitrogens with one attached hydrogen (secondary N) is 2. The summed E-state index contributed by atoms with van der Waals surface area (Å²) in [6, 6.07) is 6.01. The Hall–Kier alpha value is -1.55. The molecule has 1 unspecified atom stereocenters. The van der Waals surface area contributed by atoms with Crippen LogP contribution >= 0.6 is 0 Å². The largest absolute Gasteiger partial charge is 0.492 e. The second-order valence-electron chi connectivity index (χ2n) is 4.67. The zero-order valence-corrected chi connectivity index (χ0v) is 9.99. The lowest BCUT2D eigenvalue weighted by Crippen LogP contribution is -2.15. The fourth-order valence-electron chi connectivity index (χ4n) is 2.37. The minimum absolute atomic E-state index is 0.637. The Kier molecular flexibility index (Phi) is 2.73. The molecule has 1 aromatic heterocycles. The van der Waals surface area contributed by atoms with Gasteiger partial charge in [0.1, 0.15) is 5.75 Å². The maximum absolute atomic E-state index is 5.94. The molecule has 4 nitrogen and oxygen atoms in total. The first-order chi connectivity index (χ1) is 8.34. The smallest absolute Gasteiger partial charge is 0.130 e. The van der Waals surface area contributed by atoms with Gasteiger partial charge >= 0.3 is 0 Å². The molecule has 0 saturated carbocycles. The van der Waals surface area contributed by atoms with E-state index in [0.29, 0.717) is 5.92 Å². The summed E-state index contributed by atoms with van der Waals surface area (Å²) in [7, 11) is 0. The van der Waals surface area contributed by atoms with E-state index in [1.807, 2.05) is 25.1 Å². The SMILES string of the molecule is Cc1[nH]nc2cccc(OCC3CCNC3)c12. The van der Waals surface area contributed by atoms with E-state index in [1.165, 1.54) is 6.42 Å². The van der Waals surface area contributed by atoms with E-state index in [0.717, 1.165) is 42.0 Å². The summed E-state index contributed by atoms with van der Waals surface area (Å²) in [6.07, 6.45) is 1.21. The van der Waals surface area contributed by atoms with Crippen molar-refractivity contribution in [3.63, 3.8) is 0 Å². The van der Waals surface area contributed by atoms with Gasteiger partial charge in [0.15, 0.2) is 0 Å². The molecule has 0 aliphatic carbocycles. The van der Waals surface area contributed by atoms with Crippen molar-refractivity contribution in [2.24, 2.45) is 5.92 Å². The zero-order chi connectivity index (χ0) is 11.7. The molecule has 17 heavy (non-hydrogen) atoms. The monoisotopic (exact) mass is 231 g/mol. The number of benzene rings is 1. The highest BCUT2D eigenvalue weighted by atomic mass is 16.5. The Labute approximate surface area is 100 Å². The highest BCUT2D eigenvalue weighted by Crippen LogP contribution is 2.27. The first-order valence-electron chi connectivity index (χ1n) is 6.12. The van der Waals surface area contributed by atoms with Crippen molar-refractivity contribution in [1.82, 2.24) is 15.5 Å². The molecular formula is C13H17N3O. The van der Waals surface area contributed by atoms with Crippen molar-refractivity contribution in [3.05, 3.63) is 23.9 Å². The zero-order valence-electron chi connectivity index (χ0n) is 9.99. The molecule has 4 heteroatoms. The van der Waals surface area contributed by atoms with Gasteiger partial charge in [-0.2, -0.15) is 5.10 Å². The van der Waals surface area contributed by atoms with Crippen LogP contribution in [0.25, 0.3) is 10.9 Å². The van der Waals surface area contributed by atoms with Gasteiger partial charge in [0.25, 0.3) is 0 Å². The third-order valence-electron chi connectivity index (χ3n) is 3.36. The predicted octanol–water partition coefficient (Wildman–Crippen LogP) is 1.86. The molecule has 1 saturated heterocycles. The average Bonchev–Trinajstić information content (AvgIpc) is 2.97. The molecule has 0 bridgehead atoms. The van der Waals surface area contributed by atoms with E-state index in [9.17, 15) is 0 Å². The van der Waals surface area contributed by atoms with Crippen molar-refractivity contribution in [2.75, 3.05) is 19.7 Å². The third-order valence-corrected chi connectivity index (χ3v) is 3.36. The number of hydrogen-bond acceptors (Lipinski definition) is 3. The molecule has 2 heterocycles. The molecule has 0 spiro atoms. The van der Waals surface area contributed by atoms with Gasteiger partial charge in [0, 0.05) is 18.2 Å². The maximum Gasteiger partial charge on any atom is 0.130 e. The molecule has 3 rings (SSSR count). The Morgan fingerprint density at radius 3 is 3.24 bits per heavy atom. The topological polar surface area (TPSA) is 49.9 Å². The van der Waals surface area contributed by atoms with Gasteiger partial charge in [-0.1, -0.05) is 6.07 Å². The van der Waals surface area contributed by atoms with Gasteiger partial charge in [-0.3, -0.25) is 5.10 Å². The quantitative estimate of drug-likeness (QED) is 0.847. The van der Waals surface area contributed by atoms with Gasteiger partial charge < -0.3 is 10.1 Å². The second kappa shape index (κ2) is 4.37. The molecule has 2 N–H and O–H groups in total. The first kappa shape index (κ1) is 10.6. The molecule has 1 aliphatic heterocycles. The van der Waals surface area contributed by atoms with Gasteiger partial charge in [-0.15, -0.1) is 0 Å². The minimum Gasteiger partial charge on any atom is -0.492 e. The molecule has 1 aliphatic rings. The Bertz CT molecular complexity index is 514. The summed E-state index contributed by atoms with van der Waals surface area (Å²) >= 11 is 0. The number of aryl methyl sites for hydroxylation is 1. The molecule has 90 valence electrons. The van der Waals surface area contributed by atoms with Crippen molar-refractivity contribution in [1.29, 1.82) is 0 Å². The van der Waals surface area contributed by atoms with Crippen molar-refractivity contribution < 1.29 is 4.74 Å². The van der Waals surface area contributed by atoms with Crippen LogP contribution in [0.5, 0.6) is 5.75 Å². The fourth-order valence-corrected chi connectivity index (χ4v) is 2.37. The maximum atomic E-state index is 5.94. The van der Waals surface area contributed by atoms with E-state index in [1.54, 1.807) is 0 Å². The van der Waals surface area contributed by atoms with Crippen LogP contribution in [0.2, 0.25) is 0 Å². The number of nitrogens with zero attached hydrogens (tertiary/aromatic N) is 1. The summed E-state index contributed by atoms with van der Waals surface area (Å²) in [5, 5.41) is 11.7. The number of rotatable bonds is 3. The van der Waals surface area contributed by atoms with Crippen LogP contribution in [0.1, 0.15) is 12.1 Å². The second-order valence-corrected chi connectivity index (χ2v) is 4.67. The van der Waals surface area contributed by atoms with Crippen LogP contribution in [-0.4, -0.2) is 29.9 Å². The van der Waals surface area contributed by atoms with E-state index in [2.05, 4.69) is 15.5 Å². The van der Waals surface area contributed by atoms with E-state index in [4.69, 9.17) is 4.74 Å². The van der Waals surface area contributed by atoms with E-state index < -0.39 is 0 Å². The van der Waals surface area contributed by atoms with Crippen molar-refractivity contribution in [3.8, 4) is 5.75 Å². The van der Waals surface area contributed by atoms with Crippen LogP contribution in [0.3, 0.4) is 0 Å². The van der Waals surface area contributed by atoms with Gasteiger partial charge in [-0.05, 0) is 32.0 Å². The third kappa shape index (κ3) is 2.00. The number of aromatic amines is 1. The Morgan fingerprint density at radius 2 is 2.41 bits per heavy atom. The normalized spacial score (nSPS) is 19.9. The molecule has 0 radical (unpaired) electrons. The van der Waals surface area contributed by atoms with Gasteiger partial charge in [0.2, 0.25) is 0 Å². The Morgan fingerprint density at radius 1 is 1.47 bits per heavy atom. The standard InChI is InChI=1S/C13H17N3O/c1-9-13-11(16-15-9)3-2-4-12(13)17-8-10-5-6-14-7-10/h2-4,10,14H,5-8H2,1H3,(H,15,16). The molecule has 0 amide bonds. The van der Waals surface area contributed by atoms with Crippen LogP contribution in [0.4, 0.5) is 0 Å². The lowest BCUT2D eigenvalue weighted by Gasteiger charge is -2.11. The minimum atomic E-state index is 0.637. The summed E-state index contributed by atoms with van der Waals surface area (Å²) in [5.41, 5.74) is 2.05. The summed E-state index contributed by atoms with van der Waals surface area (Å²) in [6.45, 7) is 5.00. The van der Waals surface area contributed by atoms with Crippen LogP contribution < -0.4 is 10.1 Å². The van der Waals surface area contributed by atoms with Crippen LogP contribution in [-0.2, 0) is 0 Å². The number of H-pyrrole nitrogens is 1. The molecule has 2 aromatic rings. The van der Waals surface area contributed by atoms with Crippen molar-refractivity contribution >= 4 is 10.9 Å². The number of aromatic nitrogens is 2. The van der Waals surface area contributed by atoms with Gasteiger partial charge in [-0.25, -0.2) is 0 Å². The molecular weight excluding hydrogens is 214 g/mol. The summed E-state index contributed by atoms with van der Waals surface area (Å²) in [5.74, 6) is 1.58. The number of hydrogen-bond donors (Lipinski definition) is 2. The summed E-state index contributed by atoms with van der Waals surface area (Å²) < 4.78 is 5.94. The summed E-state index contributed by atoms with van der Waals surface area (Å²) in [4.78, 5) is 0. The fraction of sp³-hybridized carbons (Fsp3) is 0.462. The van der Waals surface area contributed by atoms with Crippen LogP contribution in [0.15, 0.2) is 18.2 Å². The average molecular weight is 231 g/mol. The molecule has 1 atom stereocenters. The van der Waals surface area contributed by atoms with Crippen LogP contribution in [0, 0.1) is 12.8 Å². The lowest BCUT2D eigenvalue weighted by molar-refractivity contribution is 0.263. The number of fused-ring (bicyclic) bond motifs is 1. The molecule has 1 fully saturated rings. The van der Waals surface area contributed by atoms with Gasteiger partial charge in [0.05, 0.1) is 17.5 Å². The Balaban J connectivity index is 1.81. The highest BCUT2D eigenvalue weighted by Gasteiger charge is 2.16. The number of ether oxygens (including phenoxy) is 1. The first-order valence-corrected chi connectivity index (χ1v) is 6.12. The predicted molar refractivity (Wildman–Crippen MR) is 67.3 cm³/mol. The van der Waals surface area contributed by atoms with E-state index >= 15 is 0 Å². The highest BCUT2D eigenvalue weighted by molar-refractivity contribution is 5.87. The van der Waals surface area contributed by atoms with Crippen molar-refractivity contribution in [2.45, 2.75) is 13.3 Å². The lowest BCUT2D eigenvalue weighted by atomic mass is 10.1. The molecule has 1 aromatic carbocycles. The van der Waals surface area contributed by atoms with E-state index in [-0.39, 0.29) is 0 Å².